The summed E-state index contributed by atoms with van der Waals surface area (Å²) >= 11 is 5.87. The van der Waals surface area contributed by atoms with Gasteiger partial charge < -0.3 is 14.6 Å². The standard InChI is InChI=1S/C22H23ClFN3O2/c1-22(2,3)26-12-21-25-11-19(27(21)4)14-5-7-16(8-6-14)29-20-10-15(23)9-18(24)17(20)13-28/h5-11,13,26H,12H2,1-4H3. The van der Waals surface area contributed by atoms with Gasteiger partial charge in [0.1, 0.15) is 23.1 Å². The summed E-state index contributed by atoms with van der Waals surface area (Å²) in [4.78, 5) is 15.7. The van der Waals surface area contributed by atoms with Crippen molar-refractivity contribution in [2.75, 3.05) is 0 Å². The van der Waals surface area contributed by atoms with E-state index in [9.17, 15) is 9.18 Å². The van der Waals surface area contributed by atoms with E-state index in [-0.39, 0.29) is 21.9 Å². The highest BCUT2D eigenvalue weighted by Gasteiger charge is 2.14. The van der Waals surface area contributed by atoms with Crippen molar-refractivity contribution in [1.29, 1.82) is 0 Å². The van der Waals surface area contributed by atoms with E-state index in [4.69, 9.17) is 16.3 Å². The molecular weight excluding hydrogens is 393 g/mol. The average Bonchev–Trinajstić information content (AvgIpc) is 3.00. The molecule has 0 saturated heterocycles. The molecule has 0 bridgehead atoms. The molecule has 1 heterocycles. The molecule has 3 rings (SSSR count). The summed E-state index contributed by atoms with van der Waals surface area (Å²) < 4.78 is 21.6. The molecule has 1 aromatic heterocycles. The van der Waals surface area contributed by atoms with Gasteiger partial charge in [0.25, 0.3) is 0 Å². The second-order valence-electron chi connectivity index (χ2n) is 7.77. The SMILES string of the molecule is Cn1c(-c2ccc(Oc3cc(Cl)cc(F)c3C=O)cc2)cnc1CNC(C)(C)C. The quantitative estimate of drug-likeness (QED) is 0.549. The van der Waals surface area contributed by atoms with Gasteiger partial charge in [-0.3, -0.25) is 4.79 Å². The highest BCUT2D eigenvalue weighted by atomic mass is 35.5. The lowest BCUT2D eigenvalue weighted by Crippen LogP contribution is -2.35. The first-order chi connectivity index (χ1) is 13.7. The van der Waals surface area contributed by atoms with Crippen molar-refractivity contribution in [2.45, 2.75) is 32.9 Å². The maximum Gasteiger partial charge on any atom is 0.156 e. The van der Waals surface area contributed by atoms with Crippen LogP contribution in [0.15, 0.2) is 42.6 Å². The lowest BCUT2D eigenvalue weighted by atomic mass is 10.1. The maximum atomic E-state index is 13.9. The third-order valence-corrected chi connectivity index (χ3v) is 4.63. The monoisotopic (exact) mass is 415 g/mol. The number of hydrogen-bond acceptors (Lipinski definition) is 4. The van der Waals surface area contributed by atoms with E-state index in [1.54, 1.807) is 12.1 Å². The number of rotatable bonds is 6. The van der Waals surface area contributed by atoms with Crippen molar-refractivity contribution in [3.63, 3.8) is 0 Å². The van der Waals surface area contributed by atoms with Gasteiger partial charge in [-0.1, -0.05) is 11.6 Å². The Kier molecular flexibility index (Phi) is 6.05. The van der Waals surface area contributed by atoms with E-state index in [2.05, 4.69) is 31.1 Å². The minimum Gasteiger partial charge on any atom is -0.456 e. The molecule has 2 aromatic carbocycles. The Balaban J connectivity index is 1.80. The zero-order valence-corrected chi connectivity index (χ0v) is 17.5. The summed E-state index contributed by atoms with van der Waals surface area (Å²) in [6.07, 6.45) is 2.24. The van der Waals surface area contributed by atoms with Crippen molar-refractivity contribution in [1.82, 2.24) is 14.9 Å². The zero-order chi connectivity index (χ0) is 21.2. The lowest BCUT2D eigenvalue weighted by molar-refractivity contribution is 0.111. The predicted molar refractivity (Wildman–Crippen MR) is 112 cm³/mol. The van der Waals surface area contributed by atoms with Gasteiger partial charge in [0, 0.05) is 29.2 Å². The number of carbonyl (C=O) groups is 1. The van der Waals surface area contributed by atoms with Gasteiger partial charge in [-0.15, -0.1) is 0 Å². The van der Waals surface area contributed by atoms with Crippen LogP contribution in [0.1, 0.15) is 37.0 Å². The predicted octanol–water partition coefficient (Wildman–Crippen LogP) is 5.37. The lowest BCUT2D eigenvalue weighted by Gasteiger charge is -2.20. The van der Waals surface area contributed by atoms with Gasteiger partial charge in [0.15, 0.2) is 6.29 Å². The van der Waals surface area contributed by atoms with E-state index in [1.165, 1.54) is 6.07 Å². The number of halogens is 2. The molecular formula is C22H23ClFN3O2. The number of benzene rings is 2. The number of ether oxygens (including phenoxy) is 1. The Bertz CT molecular complexity index is 1020. The molecule has 0 aliphatic carbocycles. The molecule has 7 heteroatoms. The molecule has 5 nitrogen and oxygen atoms in total. The summed E-state index contributed by atoms with van der Waals surface area (Å²) in [6, 6.07) is 9.77. The summed E-state index contributed by atoms with van der Waals surface area (Å²) in [5.41, 5.74) is 1.76. The van der Waals surface area contributed by atoms with Crippen LogP contribution in [-0.2, 0) is 13.6 Å². The van der Waals surface area contributed by atoms with Gasteiger partial charge in [0.2, 0.25) is 0 Å². The summed E-state index contributed by atoms with van der Waals surface area (Å²) in [7, 11) is 1.97. The summed E-state index contributed by atoms with van der Waals surface area (Å²) in [5, 5.41) is 3.59. The molecule has 3 aromatic rings. The summed E-state index contributed by atoms with van der Waals surface area (Å²) in [5.74, 6) is 0.759. The average molecular weight is 416 g/mol. The third kappa shape index (κ3) is 5.02. The van der Waals surface area contributed by atoms with Crippen LogP contribution >= 0.6 is 11.6 Å². The highest BCUT2D eigenvalue weighted by molar-refractivity contribution is 6.30. The van der Waals surface area contributed by atoms with Gasteiger partial charge in [0.05, 0.1) is 24.0 Å². The zero-order valence-electron chi connectivity index (χ0n) is 16.8. The minimum atomic E-state index is -0.717. The smallest absolute Gasteiger partial charge is 0.156 e. The number of aromatic nitrogens is 2. The normalized spacial score (nSPS) is 11.5. The fraction of sp³-hybridized carbons (Fsp3) is 0.273. The molecule has 0 aliphatic rings. The second kappa shape index (κ2) is 8.35. The molecule has 0 fully saturated rings. The van der Waals surface area contributed by atoms with E-state index in [0.29, 0.717) is 18.6 Å². The van der Waals surface area contributed by atoms with Crippen LogP contribution in [0, 0.1) is 5.82 Å². The van der Waals surface area contributed by atoms with Crippen molar-refractivity contribution >= 4 is 17.9 Å². The van der Waals surface area contributed by atoms with Crippen molar-refractivity contribution in [2.24, 2.45) is 7.05 Å². The molecule has 152 valence electrons. The molecule has 29 heavy (non-hydrogen) atoms. The number of nitrogens with one attached hydrogen (secondary N) is 1. The van der Waals surface area contributed by atoms with Crippen LogP contribution in [0.25, 0.3) is 11.3 Å². The Morgan fingerprint density at radius 2 is 1.93 bits per heavy atom. The molecule has 0 saturated carbocycles. The maximum absolute atomic E-state index is 13.9. The van der Waals surface area contributed by atoms with Crippen LogP contribution in [0.2, 0.25) is 5.02 Å². The third-order valence-electron chi connectivity index (χ3n) is 4.41. The molecule has 0 radical (unpaired) electrons. The van der Waals surface area contributed by atoms with E-state index >= 15 is 0 Å². The molecule has 0 aliphatic heterocycles. The van der Waals surface area contributed by atoms with Gasteiger partial charge >= 0.3 is 0 Å². The van der Waals surface area contributed by atoms with Crippen LogP contribution in [0.3, 0.4) is 0 Å². The van der Waals surface area contributed by atoms with E-state index < -0.39 is 5.82 Å². The summed E-state index contributed by atoms with van der Waals surface area (Å²) in [6.45, 7) is 6.99. The Labute approximate surface area is 174 Å². The van der Waals surface area contributed by atoms with Crippen molar-refractivity contribution in [3.8, 4) is 22.8 Å². The molecule has 0 unspecified atom stereocenters. The Morgan fingerprint density at radius 3 is 2.55 bits per heavy atom. The number of nitrogens with zero attached hydrogens (tertiary/aromatic N) is 2. The largest absolute Gasteiger partial charge is 0.456 e. The Hall–Kier alpha value is -2.70. The highest BCUT2D eigenvalue weighted by Crippen LogP contribution is 2.31. The van der Waals surface area contributed by atoms with Crippen molar-refractivity contribution in [3.05, 3.63) is 64.8 Å². The molecule has 0 amide bonds. The van der Waals surface area contributed by atoms with Crippen molar-refractivity contribution < 1.29 is 13.9 Å². The Morgan fingerprint density at radius 1 is 1.24 bits per heavy atom. The first-order valence-corrected chi connectivity index (χ1v) is 9.54. The number of imidazole rings is 1. The van der Waals surface area contributed by atoms with E-state index in [0.717, 1.165) is 23.1 Å². The second-order valence-corrected chi connectivity index (χ2v) is 8.20. The van der Waals surface area contributed by atoms with Crippen LogP contribution < -0.4 is 10.1 Å². The van der Waals surface area contributed by atoms with E-state index in [1.807, 2.05) is 29.9 Å². The molecule has 0 spiro atoms. The van der Waals surface area contributed by atoms with Crippen LogP contribution in [0.5, 0.6) is 11.5 Å². The fourth-order valence-electron chi connectivity index (χ4n) is 2.81. The van der Waals surface area contributed by atoms with Crippen LogP contribution in [-0.4, -0.2) is 21.4 Å². The van der Waals surface area contributed by atoms with Crippen LogP contribution in [0.4, 0.5) is 4.39 Å². The van der Waals surface area contributed by atoms with Gasteiger partial charge in [-0.25, -0.2) is 9.37 Å². The first-order valence-electron chi connectivity index (χ1n) is 9.16. The molecule has 1 N–H and O–H groups in total. The first kappa shape index (κ1) is 21.0. The molecule has 0 atom stereocenters. The topological polar surface area (TPSA) is 56.2 Å². The fourth-order valence-corrected chi connectivity index (χ4v) is 3.00. The van der Waals surface area contributed by atoms with Gasteiger partial charge in [-0.05, 0) is 51.1 Å². The number of carbonyl (C=O) groups excluding carboxylic acids is 1. The van der Waals surface area contributed by atoms with Gasteiger partial charge in [-0.2, -0.15) is 0 Å². The minimum absolute atomic E-state index is 0.00524. The number of aldehydes is 1. The number of hydrogen-bond donors (Lipinski definition) is 1.